The van der Waals surface area contributed by atoms with E-state index in [-0.39, 0.29) is 0 Å². The van der Waals surface area contributed by atoms with Crippen LogP contribution in [0, 0.1) is 5.92 Å². The van der Waals surface area contributed by atoms with Gasteiger partial charge in [0, 0.05) is 24.2 Å². The first-order valence-electron chi connectivity index (χ1n) is 7.51. The number of imidazole rings is 1. The van der Waals surface area contributed by atoms with Crippen molar-refractivity contribution in [2.75, 3.05) is 7.11 Å². The second-order valence-corrected chi connectivity index (χ2v) is 6.56. The van der Waals surface area contributed by atoms with Crippen molar-refractivity contribution in [3.05, 3.63) is 17.3 Å². The molecule has 0 spiro atoms. The lowest BCUT2D eigenvalue weighted by atomic mass is 9.84. The van der Waals surface area contributed by atoms with Crippen LogP contribution in [0.5, 0.6) is 5.88 Å². The van der Waals surface area contributed by atoms with Crippen LogP contribution in [0.25, 0.3) is 4.96 Å². The lowest BCUT2D eigenvalue weighted by Gasteiger charge is -2.28. The van der Waals surface area contributed by atoms with Crippen molar-refractivity contribution in [1.82, 2.24) is 14.7 Å². The highest BCUT2D eigenvalue weighted by atomic mass is 32.1. The second kappa shape index (κ2) is 6.14. The van der Waals surface area contributed by atoms with Crippen molar-refractivity contribution in [1.29, 1.82) is 0 Å². The Morgan fingerprint density at radius 2 is 2.25 bits per heavy atom. The minimum atomic E-state index is 0.559. The Labute approximate surface area is 124 Å². The summed E-state index contributed by atoms with van der Waals surface area (Å²) >= 11 is 1.64. The van der Waals surface area contributed by atoms with Gasteiger partial charge in [0.2, 0.25) is 5.88 Å². The molecule has 0 aromatic carbocycles. The van der Waals surface area contributed by atoms with Crippen LogP contribution in [0.15, 0.2) is 11.6 Å². The van der Waals surface area contributed by atoms with Gasteiger partial charge in [0.25, 0.3) is 0 Å². The number of fused-ring (bicyclic) bond motifs is 1. The Bertz CT molecular complexity index is 556. The standard InChI is InChI=1S/C15H23N3OS/c1-11(12-6-4-3-5-7-12)16-10-13-14(19-2)17-15-18(13)8-9-20-15/h8-9,11-12,16H,3-7,10H2,1-2H3/t11-/m1/s1. The van der Waals surface area contributed by atoms with E-state index in [0.717, 1.165) is 29.0 Å². The van der Waals surface area contributed by atoms with Crippen molar-refractivity contribution in [2.45, 2.75) is 51.6 Å². The van der Waals surface area contributed by atoms with Crippen molar-refractivity contribution in [2.24, 2.45) is 5.92 Å². The third-order valence-corrected chi connectivity index (χ3v) is 5.22. The number of nitrogens with one attached hydrogen (secondary N) is 1. The zero-order valence-corrected chi connectivity index (χ0v) is 13.1. The Morgan fingerprint density at radius 3 is 3.00 bits per heavy atom. The minimum absolute atomic E-state index is 0.559. The van der Waals surface area contributed by atoms with Crippen LogP contribution in [0.2, 0.25) is 0 Å². The quantitative estimate of drug-likeness (QED) is 0.917. The lowest BCUT2D eigenvalue weighted by molar-refractivity contribution is 0.278. The molecule has 5 heteroatoms. The van der Waals surface area contributed by atoms with E-state index in [1.807, 2.05) is 0 Å². The number of ether oxygens (including phenoxy) is 1. The molecule has 0 saturated heterocycles. The monoisotopic (exact) mass is 293 g/mol. The number of nitrogens with zero attached hydrogens (tertiary/aromatic N) is 2. The molecule has 4 nitrogen and oxygen atoms in total. The average molecular weight is 293 g/mol. The number of thiazole rings is 1. The molecule has 0 radical (unpaired) electrons. The first-order valence-corrected chi connectivity index (χ1v) is 8.39. The molecular weight excluding hydrogens is 270 g/mol. The number of hydrogen-bond acceptors (Lipinski definition) is 4. The van der Waals surface area contributed by atoms with Crippen LogP contribution in [0.1, 0.15) is 44.7 Å². The van der Waals surface area contributed by atoms with Gasteiger partial charge in [0.05, 0.1) is 7.11 Å². The van der Waals surface area contributed by atoms with Crippen LogP contribution in [0.4, 0.5) is 0 Å². The Balaban J connectivity index is 1.67. The number of aromatic nitrogens is 2. The van der Waals surface area contributed by atoms with E-state index < -0.39 is 0 Å². The molecule has 1 saturated carbocycles. The fourth-order valence-corrected chi connectivity index (χ4v) is 3.92. The Hall–Kier alpha value is -1.07. The van der Waals surface area contributed by atoms with Gasteiger partial charge in [-0.05, 0) is 25.7 Å². The van der Waals surface area contributed by atoms with E-state index in [9.17, 15) is 0 Å². The predicted molar refractivity (Wildman–Crippen MR) is 82.5 cm³/mol. The summed E-state index contributed by atoms with van der Waals surface area (Å²) in [6.45, 7) is 3.13. The van der Waals surface area contributed by atoms with E-state index in [1.54, 1.807) is 18.4 Å². The van der Waals surface area contributed by atoms with Gasteiger partial charge in [-0.1, -0.05) is 19.3 Å². The van der Waals surface area contributed by atoms with Crippen LogP contribution in [-0.2, 0) is 6.54 Å². The van der Waals surface area contributed by atoms with E-state index >= 15 is 0 Å². The van der Waals surface area contributed by atoms with Gasteiger partial charge in [0.1, 0.15) is 5.69 Å². The van der Waals surface area contributed by atoms with E-state index in [1.165, 1.54) is 32.1 Å². The molecule has 0 amide bonds. The average Bonchev–Trinajstić information content (AvgIpc) is 3.06. The van der Waals surface area contributed by atoms with Crippen molar-refractivity contribution >= 4 is 16.3 Å². The zero-order valence-electron chi connectivity index (χ0n) is 12.3. The summed E-state index contributed by atoms with van der Waals surface area (Å²) in [5.74, 6) is 1.57. The molecule has 1 aliphatic rings. The largest absolute Gasteiger partial charge is 0.480 e. The highest BCUT2D eigenvalue weighted by molar-refractivity contribution is 7.15. The molecule has 110 valence electrons. The molecule has 0 aliphatic heterocycles. The van der Waals surface area contributed by atoms with Crippen molar-refractivity contribution in [3.8, 4) is 5.88 Å². The molecule has 2 aromatic heterocycles. The van der Waals surface area contributed by atoms with E-state index in [0.29, 0.717) is 6.04 Å². The molecule has 0 unspecified atom stereocenters. The summed E-state index contributed by atoms with van der Waals surface area (Å²) in [6.07, 6.45) is 8.99. The highest BCUT2D eigenvalue weighted by Gasteiger charge is 2.21. The normalized spacial score (nSPS) is 18.5. The fraction of sp³-hybridized carbons (Fsp3) is 0.667. The van der Waals surface area contributed by atoms with E-state index in [2.05, 4.69) is 33.2 Å². The molecule has 1 fully saturated rings. The summed E-state index contributed by atoms with van der Waals surface area (Å²) in [5.41, 5.74) is 1.13. The summed E-state index contributed by atoms with van der Waals surface area (Å²) < 4.78 is 7.53. The lowest BCUT2D eigenvalue weighted by Crippen LogP contribution is -2.34. The van der Waals surface area contributed by atoms with Crippen LogP contribution in [-0.4, -0.2) is 22.5 Å². The van der Waals surface area contributed by atoms with Gasteiger partial charge in [-0.2, -0.15) is 4.98 Å². The fourth-order valence-electron chi connectivity index (χ4n) is 3.20. The van der Waals surface area contributed by atoms with Crippen LogP contribution < -0.4 is 10.1 Å². The topological polar surface area (TPSA) is 38.6 Å². The molecule has 1 N–H and O–H groups in total. The predicted octanol–water partition coefficient (Wildman–Crippen LogP) is 3.46. The molecular formula is C15H23N3OS. The van der Waals surface area contributed by atoms with Gasteiger partial charge in [-0.25, -0.2) is 0 Å². The van der Waals surface area contributed by atoms with Crippen molar-refractivity contribution in [3.63, 3.8) is 0 Å². The summed E-state index contributed by atoms with van der Waals surface area (Å²) in [6, 6.07) is 0.559. The first kappa shape index (κ1) is 13.9. The molecule has 2 heterocycles. The molecule has 3 rings (SSSR count). The van der Waals surface area contributed by atoms with Gasteiger partial charge >= 0.3 is 0 Å². The van der Waals surface area contributed by atoms with Crippen LogP contribution >= 0.6 is 11.3 Å². The molecule has 2 aromatic rings. The SMILES string of the molecule is COc1nc2sccn2c1CN[C@H](C)C1CCCCC1. The maximum atomic E-state index is 5.40. The van der Waals surface area contributed by atoms with Gasteiger partial charge in [-0.15, -0.1) is 11.3 Å². The van der Waals surface area contributed by atoms with E-state index in [4.69, 9.17) is 4.74 Å². The molecule has 1 aliphatic carbocycles. The third kappa shape index (κ3) is 2.69. The second-order valence-electron chi connectivity index (χ2n) is 5.69. The number of hydrogen-bond donors (Lipinski definition) is 1. The maximum Gasteiger partial charge on any atom is 0.237 e. The summed E-state index contributed by atoms with van der Waals surface area (Å²) in [4.78, 5) is 5.50. The van der Waals surface area contributed by atoms with Gasteiger partial charge in [0.15, 0.2) is 4.96 Å². The molecule has 1 atom stereocenters. The van der Waals surface area contributed by atoms with Gasteiger partial charge in [-0.3, -0.25) is 4.40 Å². The Morgan fingerprint density at radius 1 is 1.45 bits per heavy atom. The van der Waals surface area contributed by atoms with Crippen LogP contribution in [0.3, 0.4) is 0 Å². The number of rotatable bonds is 5. The third-order valence-electron chi connectivity index (χ3n) is 4.47. The highest BCUT2D eigenvalue weighted by Crippen LogP contribution is 2.27. The molecule has 0 bridgehead atoms. The summed E-state index contributed by atoms with van der Waals surface area (Å²) in [5, 5.41) is 5.74. The van der Waals surface area contributed by atoms with Crippen molar-refractivity contribution < 1.29 is 4.74 Å². The number of methoxy groups -OCH3 is 1. The smallest absolute Gasteiger partial charge is 0.237 e. The van der Waals surface area contributed by atoms with Gasteiger partial charge < -0.3 is 10.1 Å². The Kier molecular flexibility index (Phi) is 4.27. The molecule has 20 heavy (non-hydrogen) atoms. The maximum absolute atomic E-state index is 5.40. The minimum Gasteiger partial charge on any atom is -0.480 e. The summed E-state index contributed by atoms with van der Waals surface area (Å²) in [7, 11) is 1.69. The zero-order chi connectivity index (χ0) is 13.9. The first-order chi connectivity index (χ1) is 9.79.